The van der Waals surface area contributed by atoms with Gasteiger partial charge in [-0.2, -0.15) is 0 Å². The molecule has 2 N–H and O–H groups in total. The average Bonchev–Trinajstić information content (AvgIpc) is 3.26. The van der Waals surface area contributed by atoms with Crippen molar-refractivity contribution >= 4 is 34.4 Å². The first-order valence-electron chi connectivity index (χ1n) is 11.6. The van der Waals surface area contributed by atoms with Crippen LogP contribution in [0.15, 0.2) is 12.1 Å². The van der Waals surface area contributed by atoms with Crippen molar-refractivity contribution in [2.24, 2.45) is 23.7 Å². The molecule has 0 radical (unpaired) electrons. The van der Waals surface area contributed by atoms with Gasteiger partial charge in [0, 0.05) is 17.9 Å². The van der Waals surface area contributed by atoms with Crippen LogP contribution in [0, 0.1) is 27.2 Å². The van der Waals surface area contributed by atoms with Crippen LogP contribution in [-0.4, -0.2) is 45.9 Å². The van der Waals surface area contributed by atoms with Gasteiger partial charge in [0.15, 0.2) is 17.3 Å². The van der Waals surface area contributed by atoms with Crippen LogP contribution < -0.4 is 4.74 Å². The lowest BCUT2D eigenvalue weighted by Gasteiger charge is -2.43. The molecule has 2 aliphatic carbocycles. The van der Waals surface area contributed by atoms with Gasteiger partial charge in [-0.05, 0) is 66.0 Å². The van der Waals surface area contributed by atoms with E-state index in [0.29, 0.717) is 22.2 Å². The fourth-order valence-corrected chi connectivity index (χ4v) is 7.14. The van der Waals surface area contributed by atoms with E-state index in [1.807, 2.05) is 35.6 Å². The first-order valence-corrected chi connectivity index (χ1v) is 12.7. The maximum Gasteiger partial charge on any atom is 0.233 e. The van der Waals surface area contributed by atoms with Gasteiger partial charge in [0.25, 0.3) is 0 Å². The smallest absolute Gasteiger partial charge is 0.233 e. The number of methoxy groups -OCH3 is 1. The first-order chi connectivity index (χ1) is 15.3. The Balaban J connectivity index is 1.47. The average molecular weight is 555 g/mol. The summed E-state index contributed by atoms with van der Waals surface area (Å²) in [4.78, 5) is 28.5. The summed E-state index contributed by atoms with van der Waals surface area (Å²) in [5, 5.41) is 21.8. The van der Waals surface area contributed by atoms with E-state index in [1.54, 1.807) is 11.0 Å². The van der Waals surface area contributed by atoms with Gasteiger partial charge in [0.1, 0.15) is 0 Å². The number of halogens is 1. The van der Waals surface area contributed by atoms with Gasteiger partial charge in [0.05, 0.1) is 28.6 Å². The molecule has 174 valence electrons. The zero-order valence-corrected chi connectivity index (χ0v) is 20.6. The van der Waals surface area contributed by atoms with Crippen molar-refractivity contribution in [3.63, 3.8) is 0 Å². The van der Waals surface area contributed by atoms with Gasteiger partial charge in [-0.25, -0.2) is 0 Å². The number of carbonyl (C=O) groups excluding carboxylic acids is 2. The normalized spacial score (nSPS) is 37.5. The summed E-state index contributed by atoms with van der Waals surface area (Å²) in [6.45, 7) is 1.91. The Morgan fingerprint density at radius 3 is 2.56 bits per heavy atom. The van der Waals surface area contributed by atoms with Gasteiger partial charge in [-0.1, -0.05) is 26.2 Å². The summed E-state index contributed by atoms with van der Waals surface area (Å²) in [5.41, 5.74) is 0.788. The van der Waals surface area contributed by atoms with Gasteiger partial charge >= 0.3 is 0 Å². The van der Waals surface area contributed by atoms with Crippen molar-refractivity contribution in [3.05, 3.63) is 21.3 Å². The second kappa shape index (κ2) is 8.13. The number of benzene rings is 1. The van der Waals surface area contributed by atoms with Crippen LogP contribution in [-0.2, 0) is 14.3 Å². The summed E-state index contributed by atoms with van der Waals surface area (Å²) in [5.74, 6) is -2.83. The Hall–Kier alpha value is -1.39. The third kappa shape index (κ3) is 3.27. The zero-order valence-electron chi connectivity index (χ0n) is 18.4. The van der Waals surface area contributed by atoms with Crippen LogP contribution in [0.2, 0.25) is 0 Å². The molecule has 2 saturated heterocycles. The molecule has 0 unspecified atom stereocenters. The Bertz CT molecular complexity index is 947. The SMILES string of the molecule is COc1cc([C@@H]2C[C@H]3[C@H]4C(=O)N(C5CCCCC5)C(=O)[C@H]4C[C@H](C)[C@@]3(O)O2)cc(I)c1O. The third-order valence-corrected chi connectivity index (χ3v) is 8.99. The summed E-state index contributed by atoms with van der Waals surface area (Å²) in [7, 11) is 1.49. The van der Waals surface area contributed by atoms with Crippen molar-refractivity contribution in [2.45, 2.75) is 69.8 Å². The number of aliphatic hydroxyl groups is 1. The van der Waals surface area contributed by atoms with Gasteiger partial charge in [-0.15, -0.1) is 0 Å². The molecule has 0 spiro atoms. The number of carbonyl (C=O) groups is 2. The number of amides is 2. The topological polar surface area (TPSA) is 96.3 Å². The quantitative estimate of drug-likeness (QED) is 0.436. The molecular formula is C24H30INO6. The van der Waals surface area contributed by atoms with Gasteiger partial charge < -0.3 is 19.7 Å². The van der Waals surface area contributed by atoms with E-state index in [4.69, 9.17) is 9.47 Å². The zero-order chi connectivity index (χ0) is 22.8. The predicted octanol–water partition coefficient (Wildman–Crippen LogP) is 3.75. The van der Waals surface area contributed by atoms with E-state index in [1.165, 1.54) is 7.11 Å². The van der Waals surface area contributed by atoms with Crippen LogP contribution in [0.3, 0.4) is 0 Å². The highest BCUT2D eigenvalue weighted by molar-refractivity contribution is 14.1. The summed E-state index contributed by atoms with van der Waals surface area (Å²) < 4.78 is 12.2. The largest absolute Gasteiger partial charge is 0.504 e. The predicted molar refractivity (Wildman–Crippen MR) is 124 cm³/mol. The Labute approximate surface area is 201 Å². The molecule has 1 aromatic carbocycles. The van der Waals surface area contributed by atoms with Crippen molar-refractivity contribution in [1.29, 1.82) is 0 Å². The fraction of sp³-hybridized carbons (Fsp3) is 0.667. The monoisotopic (exact) mass is 555 g/mol. The number of phenols is 1. The number of hydrogen-bond acceptors (Lipinski definition) is 6. The van der Waals surface area contributed by atoms with Crippen molar-refractivity contribution < 1.29 is 29.3 Å². The Morgan fingerprint density at radius 2 is 1.88 bits per heavy atom. The second-order valence-corrected chi connectivity index (χ2v) is 11.0. The lowest BCUT2D eigenvalue weighted by atomic mass is 9.65. The molecule has 0 aromatic heterocycles. The van der Waals surface area contributed by atoms with Crippen molar-refractivity contribution in [1.82, 2.24) is 4.90 Å². The molecule has 32 heavy (non-hydrogen) atoms. The molecule has 2 amide bonds. The van der Waals surface area contributed by atoms with E-state index in [-0.39, 0.29) is 35.4 Å². The molecular weight excluding hydrogens is 525 g/mol. The highest BCUT2D eigenvalue weighted by Gasteiger charge is 2.66. The van der Waals surface area contributed by atoms with Crippen LogP contribution in [0.5, 0.6) is 11.5 Å². The lowest BCUT2D eigenvalue weighted by molar-refractivity contribution is -0.265. The number of rotatable bonds is 3. The summed E-state index contributed by atoms with van der Waals surface area (Å²) in [6.07, 6.45) is 5.47. The molecule has 7 nitrogen and oxygen atoms in total. The molecule has 6 atom stereocenters. The van der Waals surface area contributed by atoms with Crippen molar-refractivity contribution in [2.75, 3.05) is 7.11 Å². The summed E-state index contributed by atoms with van der Waals surface area (Å²) in [6, 6.07) is 3.54. The number of nitrogens with zero attached hydrogens (tertiary/aromatic N) is 1. The highest BCUT2D eigenvalue weighted by Crippen LogP contribution is 2.58. The minimum Gasteiger partial charge on any atom is -0.504 e. The van der Waals surface area contributed by atoms with Crippen molar-refractivity contribution in [3.8, 4) is 11.5 Å². The van der Waals surface area contributed by atoms with E-state index in [0.717, 1.165) is 37.7 Å². The minimum absolute atomic E-state index is 0.00111. The maximum atomic E-state index is 13.6. The minimum atomic E-state index is -1.46. The van der Waals surface area contributed by atoms with E-state index in [9.17, 15) is 19.8 Å². The summed E-state index contributed by atoms with van der Waals surface area (Å²) >= 11 is 2.04. The molecule has 8 heteroatoms. The number of hydrogen-bond donors (Lipinski definition) is 2. The Morgan fingerprint density at radius 1 is 1.16 bits per heavy atom. The third-order valence-electron chi connectivity index (χ3n) is 8.17. The first kappa shape index (κ1) is 22.4. The van der Waals surface area contributed by atoms with Crippen LogP contribution in [0.25, 0.3) is 0 Å². The molecule has 5 rings (SSSR count). The van der Waals surface area contributed by atoms with E-state index < -0.39 is 23.7 Å². The number of likely N-dealkylation sites (tertiary alicyclic amines) is 1. The van der Waals surface area contributed by atoms with Crippen LogP contribution in [0.4, 0.5) is 0 Å². The van der Waals surface area contributed by atoms with Gasteiger partial charge in [-0.3, -0.25) is 14.5 Å². The molecule has 4 fully saturated rings. The molecule has 2 aliphatic heterocycles. The molecule has 4 aliphatic rings. The van der Waals surface area contributed by atoms with Crippen LogP contribution >= 0.6 is 22.6 Å². The maximum absolute atomic E-state index is 13.6. The standard InChI is InChI=1S/C24H30INO6/c1-12-8-15-20(23(29)26(22(15)28)14-6-4-3-5-7-14)16-11-18(32-24(12,16)30)13-9-17(25)21(27)19(10-13)31-2/h9-10,12,14-16,18,20,27,30H,3-8,11H2,1-2H3/t12-,15-,16-,18-,20-,24+/m0/s1. The van der Waals surface area contributed by atoms with E-state index in [2.05, 4.69) is 0 Å². The van der Waals surface area contributed by atoms with Gasteiger partial charge in [0.2, 0.25) is 11.8 Å². The van der Waals surface area contributed by atoms with Crippen LogP contribution in [0.1, 0.15) is 63.5 Å². The molecule has 2 heterocycles. The second-order valence-electron chi connectivity index (χ2n) is 9.86. The number of phenolic OH excluding ortho intramolecular Hbond substituents is 1. The number of ether oxygens (including phenoxy) is 2. The molecule has 2 saturated carbocycles. The van der Waals surface area contributed by atoms with E-state index >= 15 is 0 Å². The fourth-order valence-electron chi connectivity index (χ4n) is 6.51. The number of aromatic hydroxyl groups is 1. The number of imide groups is 1. The number of fused-ring (bicyclic) bond motifs is 3. The molecule has 0 bridgehead atoms. The Kier molecular flexibility index (Phi) is 5.69. The lowest BCUT2D eigenvalue weighted by Crippen LogP contribution is -2.52. The molecule has 1 aromatic rings. The highest BCUT2D eigenvalue weighted by atomic mass is 127.